The number of ether oxygens (including phenoxy) is 2. The molecule has 0 spiro atoms. The summed E-state index contributed by atoms with van der Waals surface area (Å²) in [4.78, 5) is 11.6. The minimum absolute atomic E-state index is 0.0742. The van der Waals surface area contributed by atoms with E-state index in [0.29, 0.717) is 0 Å². The molecule has 78 valence electrons. The van der Waals surface area contributed by atoms with E-state index in [-0.39, 0.29) is 12.1 Å². The Morgan fingerprint density at radius 3 is 3.13 bits per heavy atom. The van der Waals surface area contributed by atoms with E-state index in [1.807, 2.05) is 18.2 Å². The van der Waals surface area contributed by atoms with Gasteiger partial charge < -0.3 is 9.47 Å². The number of carbonyl (C=O) groups is 1. The Morgan fingerprint density at radius 1 is 1.53 bits per heavy atom. The molecule has 1 fully saturated rings. The van der Waals surface area contributed by atoms with Gasteiger partial charge in [-0.25, -0.2) is 4.79 Å². The lowest BCUT2D eigenvalue weighted by atomic mass is 9.84. The zero-order valence-corrected chi connectivity index (χ0v) is 8.53. The van der Waals surface area contributed by atoms with E-state index in [0.717, 1.165) is 18.4 Å². The first-order chi connectivity index (χ1) is 7.28. The average molecular weight is 204 g/mol. The van der Waals surface area contributed by atoms with Gasteiger partial charge in [0.05, 0.1) is 7.11 Å². The molecule has 2 aliphatic rings. The Morgan fingerprint density at radius 2 is 2.33 bits per heavy atom. The maximum atomic E-state index is 11.6. The lowest BCUT2D eigenvalue weighted by molar-refractivity contribution is -0.147. The number of benzene rings is 1. The second-order valence-corrected chi connectivity index (χ2v) is 4.08. The lowest BCUT2D eigenvalue weighted by Crippen LogP contribution is -2.30. The van der Waals surface area contributed by atoms with Gasteiger partial charge >= 0.3 is 5.97 Å². The standard InChI is InChI=1S/C12H12O3/c1-14-11(13)12-7-6-8-4-2-3-5-9(8)10(12)15-12/h2-5,10H,6-7H2,1H3/t10-,12+/m1/s1. The summed E-state index contributed by atoms with van der Waals surface area (Å²) in [6.45, 7) is 0. The van der Waals surface area contributed by atoms with Crippen molar-refractivity contribution in [2.45, 2.75) is 24.5 Å². The van der Waals surface area contributed by atoms with Crippen molar-refractivity contribution >= 4 is 5.97 Å². The molecule has 1 saturated heterocycles. The van der Waals surface area contributed by atoms with E-state index in [4.69, 9.17) is 9.47 Å². The molecule has 1 aromatic rings. The highest BCUT2D eigenvalue weighted by molar-refractivity contribution is 5.84. The van der Waals surface area contributed by atoms with Crippen molar-refractivity contribution in [3.05, 3.63) is 35.4 Å². The van der Waals surface area contributed by atoms with Crippen molar-refractivity contribution in [3.63, 3.8) is 0 Å². The first-order valence-corrected chi connectivity index (χ1v) is 5.12. The summed E-state index contributed by atoms with van der Waals surface area (Å²) in [5, 5.41) is 0. The quantitative estimate of drug-likeness (QED) is 0.515. The summed E-state index contributed by atoms with van der Waals surface area (Å²) in [5.41, 5.74) is 1.78. The first-order valence-electron chi connectivity index (χ1n) is 5.12. The summed E-state index contributed by atoms with van der Waals surface area (Å²) >= 11 is 0. The van der Waals surface area contributed by atoms with Gasteiger partial charge in [-0.3, -0.25) is 0 Å². The minimum Gasteiger partial charge on any atom is -0.467 e. The van der Waals surface area contributed by atoms with Gasteiger partial charge in [-0.05, 0) is 24.0 Å². The van der Waals surface area contributed by atoms with Gasteiger partial charge in [-0.15, -0.1) is 0 Å². The second kappa shape index (κ2) is 2.83. The maximum absolute atomic E-state index is 11.6. The highest BCUT2D eigenvalue weighted by Crippen LogP contribution is 2.56. The number of rotatable bonds is 1. The van der Waals surface area contributed by atoms with Crippen LogP contribution < -0.4 is 0 Å². The molecular weight excluding hydrogens is 192 g/mol. The first kappa shape index (κ1) is 8.92. The van der Waals surface area contributed by atoms with Crippen LogP contribution in [0.3, 0.4) is 0 Å². The molecule has 0 aromatic heterocycles. The van der Waals surface area contributed by atoms with Crippen LogP contribution in [0.1, 0.15) is 23.7 Å². The highest BCUT2D eigenvalue weighted by Gasteiger charge is 2.65. The summed E-state index contributed by atoms with van der Waals surface area (Å²) < 4.78 is 10.4. The fourth-order valence-corrected chi connectivity index (χ4v) is 2.45. The van der Waals surface area contributed by atoms with Gasteiger partial charge in [0.25, 0.3) is 0 Å². The van der Waals surface area contributed by atoms with E-state index in [1.165, 1.54) is 12.7 Å². The largest absolute Gasteiger partial charge is 0.467 e. The molecule has 0 saturated carbocycles. The SMILES string of the molecule is COC(=O)[C@]12CCc3ccccc3[C@H]1O2. The summed E-state index contributed by atoms with van der Waals surface area (Å²) in [7, 11) is 1.41. The normalized spacial score (nSPS) is 31.4. The molecule has 3 heteroatoms. The van der Waals surface area contributed by atoms with Crippen molar-refractivity contribution in [3.8, 4) is 0 Å². The zero-order chi connectivity index (χ0) is 10.5. The molecule has 1 aliphatic heterocycles. The van der Waals surface area contributed by atoms with Crippen molar-refractivity contribution in [2.24, 2.45) is 0 Å². The zero-order valence-electron chi connectivity index (χ0n) is 8.53. The van der Waals surface area contributed by atoms with Gasteiger partial charge in [0, 0.05) is 0 Å². The van der Waals surface area contributed by atoms with E-state index in [1.54, 1.807) is 0 Å². The van der Waals surface area contributed by atoms with Gasteiger partial charge in [-0.1, -0.05) is 24.3 Å². The Labute approximate surface area is 88.0 Å². The molecular formula is C12H12O3. The van der Waals surface area contributed by atoms with Crippen LogP contribution in [-0.4, -0.2) is 18.7 Å². The Bertz CT molecular complexity index is 427. The number of hydrogen-bond acceptors (Lipinski definition) is 3. The molecule has 0 N–H and O–H groups in total. The van der Waals surface area contributed by atoms with Crippen LogP contribution in [0.4, 0.5) is 0 Å². The number of carbonyl (C=O) groups excluding carboxylic acids is 1. The maximum Gasteiger partial charge on any atom is 0.341 e. The Kier molecular flexibility index (Phi) is 1.68. The molecule has 15 heavy (non-hydrogen) atoms. The predicted molar refractivity (Wildman–Crippen MR) is 53.3 cm³/mol. The number of hydrogen-bond donors (Lipinski definition) is 0. The minimum atomic E-state index is -0.664. The van der Waals surface area contributed by atoms with E-state index >= 15 is 0 Å². The van der Waals surface area contributed by atoms with Crippen LogP contribution in [0.25, 0.3) is 0 Å². The smallest absolute Gasteiger partial charge is 0.341 e. The van der Waals surface area contributed by atoms with Gasteiger partial charge in [0.1, 0.15) is 6.10 Å². The van der Waals surface area contributed by atoms with Crippen molar-refractivity contribution < 1.29 is 14.3 Å². The number of aryl methyl sites for hydroxylation is 1. The summed E-state index contributed by atoms with van der Waals surface area (Å²) in [6.07, 6.45) is 1.55. The molecule has 0 amide bonds. The van der Waals surface area contributed by atoms with Crippen molar-refractivity contribution in [1.82, 2.24) is 0 Å². The van der Waals surface area contributed by atoms with Crippen LogP contribution in [-0.2, 0) is 20.7 Å². The predicted octanol–water partition coefficient (Wildman–Crippen LogP) is 1.62. The monoisotopic (exact) mass is 204 g/mol. The van der Waals surface area contributed by atoms with Crippen LogP contribution in [0.5, 0.6) is 0 Å². The topological polar surface area (TPSA) is 38.8 Å². The molecule has 1 aromatic carbocycles. The molecule has 0 bridgehead atoms. The van der Waals surface area contributed by atoms with Crippen LogP contribution in [0, 0.1) is 0 Å². The molecule has 3 rings (SSSR count). The van der Waals surface area contributed by atoms with Gasteiger partial charge in [0.15, 0.2) is 5.60 Å². The second-order valence-electron chi connectivity index (χ2n) is 4.08. The summed E-state index contributed by atoms with van der Waals surface area (Å²) in [5.74, 6) is -0.234. The van der Waals surface area contributed by atoms with E-state index in [9.17, 15) is 4.79 Å². The average Bonchev–Trinajstić information content (AvgIpc) is 3.04. The number of epoxide rings is 1. The van der Waals surface area contributed by atoms with Crippen LogP contribution >= 0.6 is 0 Å². The lowest BCUT2D eigenvalue weighted by Gasteiger charge is -2.17. The third kappa shape index (κ3) is 1.07. The number of methoxy groups -OCH3 is 1. The highest BCUT2D eigenvalue weighted by atomic mass is 16.7. The molecule has 2 atom stereocenters. The molecule has 1 heterocycles. The molecule has 1 aliphatic carbocycles. The van der Waals surface area contributed by atoms with Gasteiger partial charge in [-0.2, -0.15) is 0 Å². The molecule has 0 radical (unpaired) electrons. The molecule has 0 unspecified atom stereocenters. The third-order valence-corrected chi connectivity index (χ3v) is 3.33. The summed E-state index contributed by atoms with van der Waals surface area (Å²) in [6, 6.07) is 8.13. The third-order valence-electron chi connectivity index (χ3n) is 3.33. The Hall–Kier alpha value is -1.35. The number of fused-ring (bicyclic) bond motifs is 3. The number of esters is 1. The van der Waals surface area contributed by atoms with Crippen LogP contribution in [0.15, 0.2) is 24.3 Å². The Balaban J connectivity index is 1.98. The van der Waals surface area contributed by atoms with Gasteiger partial charge in [0.2, 0.25) is 0 Å². The molecule has 3 nitrogen and oxygen atoms in total. The van der Waals surface area contributed by atoms with E-state index in [2.05, 4.69) is 6.07 Å². The van der Waals surface area contributed by atoms with Crippen molar-refractivity contribution in [1.29, 1.82) is 0 Å². The fraction of sp³-hybridized carbons (Fsp3) is 0.417. The fourth-order valence-electron chi connectivity index (χ4n) is 2.45. The van der Waals surface area contributed by atoms with Crippen molar-refractivity contribution in [2.75, 3.05) is 7.11 Å². The van der Waals surface area contributed by atoms with Crippen LogP contribution in [0.2, 0.25) is 0 Å². The van der Waals surface area contributed by atoms with E-state index < -0.39 is 5.60 Å².